The van der Waals surface area contributed by atoms with E-state index in [4.69, 9.17) is 9.15 Å². The number of nitrogens with zero attached hydrogens (tertiary/aromatic N) is 1. The Morgan fingerprint density at radius 2 is 2.24 bits per heavy atom. The fourth-order valence-electron chi connectivity index (χ4n) is 1.82. The molecule has 1 heterocycles. The molecule has 1 aromatic heterocycles. The van der Waals surface area contributed by atoms with Crippen LogP contribution in [0, 0.1) is 0 Å². The van der Waals surface area contributed by atoms with Gasteiger partial charge in [-0.15, -0.1) is 0 Å². The molecule has 2 rings (SSSR count). The number of ether oxygens (including phenoxy) is 1. The number of sulfonamides is 1. The van der Waals surface area contributed by atoms with Crippen LogP contribution in [-0.4, -0.2) is 45.6 Å². The van der Waals surface area contributed by atoms with E-state index in [1.54, 1.807) is 6.07 Å². The second-order valence-electron chi connectivity index (χ2n) is 5.03. The molecule has 0 saturated heterocycles. The molecule has 1 N–H and O–H groups in total. The maximum atomic E-state index is 12.5. The van der Waals surface area contributed by atoms with Crippen molar-refractivity contribution in [3.8, 4) is 0 Å². The molecular weight excluding hydrogens is 360 g/mol. The van der Waals surface area contributed by atoms with E-state index in [-0.39, 0.29) is 9.56 Å². The molecule has 0 amide bonds. The van der Waals surface area contributed by atoms with E-state index < -0.39 is 10.0 Å². The van der Waals surface area contributed by atoms with Gasteiger partial charge in [0.1, 0.15) is 10.7 Å². The second kappa shape index (κ2) is 7.23. The van der Waals surface area contributed by atoms with Gasteiger partial charge in [-0.3, -0.25) is 0 Å². The van der Waals surface area contributed by atoms with Crippen molar-refractivity contribution >= 4 is 26.0 Å². The number of hydrogen-bond acceptors (Lipinski definition) is 5. The van der Waals surface area contributed by atoms with Gasteiger partial charge < -0.3 is 14.5 Å². The maximum Gasteiger partial charge on any atom is 0.247 e. The first kappa shape index (κ1) is 17.0. The molecule has 0 bridgehead atoms. The van der Waals surface area contributed by atoms with Crippen molar-refractivity contribution in [3.05, 3.63) is 16.5 Å². The van der Waals surface area contributed by atoms with E-state index in [9.17, 15) is 8.42 Å². The topological polar surface area (TPSA) is 71.8 Å². The lowest BCUT2D eigenvalue weighted by molar-refractivity contribution is 0.138. The molecule has 0 radical (unpaired) electrons. The lowest BCUT2D eigenvalue weighted by Crippen LogP contribution is -2.30. The fraction of sp³-hybridized carbons (Fsp3) is 0.692. The second-order valence-corrected chi connectivity index (χ2v) is 7.76. The molecule has 0 spiro atoms. The van der Waals surface area contributed by atoms with Gasteiger partial charge in [0.15, 0.2) is 4.67 Å². The molecular formula is C13H21BrN2O4S. The van der Waals surface area contributed by atoms with Crippen LogP contribution in [0.15, 0.2) is 20.0 Å². The Labute approximate surface area is 134 Å². The summed E-state index contributed by atoms with van der Waals surface area (Å²) in [7, 11) is -2.03. The third-order valence-corrected chi connectivity index (χ3v) is 6.01. The lowest BCUT2D eigenvalue weighted by Gasteiger charge is -2.15. The van der Waals surface area contributed by atoms with Gasteiger partial charge in [-0.05, 0) is 35.7 Å². The van der Waals surface area contributed by atoms with E-state index in [1.165, 1.54) is 24.2 Å². The summed E-state index contributed by atoms with van der Waals surface area (Å²) >= 11 is 3.19. The third-order valence-electron chi connectivity index (χ3n) is 3.29. The molecule has 0 unspecified atom stereocenters. The number of likely N-dealkylation sites (N-methyl/N-ethyl adjacent to an activating group) is 1. The predicted molar refractivity (Wildman–Crippen MR) is 82.6 cm³/mol. The van der Waals surface area contributed by atoms with Crippen LogP contribution in [0.4, 0.5) is 0 Å². The number of nitrogens with one attached hydrogen (secondary N) is 1. The van der Waals surface area contributed by atoms with Crippen LogP contribution in [0.2, 0.25) is 0 Å². The van der Waals surface area contributed by atoms with Crippen LogP contribution in [-0.2, 0) is 21.3 Å². The first-order valence-electron chi connectivity index (χ1n) is 7.00. The van der Waals surface area contributed by atoms with Crippen molar-refractivity contribution in [2.24, 2.45) is 0 Å². The average Bonchev–Trinajstić information content (AvgIpc) is 3.18. The fourth-order valence-corrected chi connectivity index (χ4v) is 3.93. The minimum Gasteiger partial charge on any atom is -0.452 e. The zero-order valence-electron chi connectivity index (χ0n) is 12.3. The predicted octanol–water partition coefficient (Wildman–Crippen LogP) is 1.95. The van der Waals surface area contributed by atoms with E-state index >= 15 is 0 Å². The van der Waals surface area contributed by atoms with Gasteiger partial charge in [-0.1, -0.05) is 0 Å². The smallest absolute Gasteiger partial charge is 0.247 e. The minimum atomic E-state index is -3.57. The van der Waals surface area contributed by atoms with Crippen LogP contribution in [0.1, 0.15) is 25.5 Å². The normalized spacial score (nSPS) is 15.8. The SMILES string of the molecule is CCOCCN(C)S(=O)(=O)c1cc(CNC2CC2)oc1Br. The van der Waals surface area contributed by atoms with Crippen molar-refractivity contribution in [2.75, 3.05) is 26.8 Å². The molecule has 1 saturated carbocycles. The van der Waals surface area contributed by atoms with E-state index in [2.05, 4.69) is 21.2 Å². The third kappa shape index (κ3) is 4.53. The van der Waals surface area contributed by atoms with Crippen LogP contribution >= 0.6 is 15.9 Å². The average molecular weight is 381 g/mol. The molecule has 120 valence electrons. The summed E-state index contributed by atoms with van der Waals surface area (Å²) in [6.07, 6.45) is 2.35. The highest BCUT2D eigenvalue weighted by atomic mass is 79.9. The molecule has 1 aliphatic rings. The van der Waals surface area contributed by atoms with Gasteiger partial charge in [-0.25, -0.2) is 8.42 Å². The van der Waals surface area contributed by atoms with Crippen molar-refractivity contribution in [1.82, 2.24) is 9.62 Å². The number of furan rings is 1. The molecule has 6 nitrogen and oxygen atoms in total. The number of hydrogen-bond donors (Lipinski definition) is 1. The van der Waals surface area contributed by atoms with E-state index in [0.717, 1.165) is 0 Å². The Balaban J connectivity index is 2.03. The van der Waals surface area contributed by atoms with Crippen molar-refractivity contribution < 1.29 is 17.6 Å². The summed E-state index contributed by atoms with van der Waals surface area (Å²) in [6, 6.07) is 2.12. The van der Waals surface area contributed by atoms with Gasteiger partial charge in [0, 0.05) is 32.3 Å². The summed E-state index contributed by atoms with van der Waals surface area (Å²) in [5.41, 5.74) is 0. The largest absolute Gasteiger partial charge is 0.452 e. The van der Waals surface area contributed by atoms with Crippen molar-refractivity contribution in [1.29, 1.82) is 0 Å². The zero-order chi connectivity index (χ0) is 15.5. The summed E-state index contributed by atoms with van der Waals surface area (Å²) in [5.74, 6) is 0.616. The van der Waals surface area contributed by atoms with Crippen LogP contribution in [0.3, 0.4) is 0 Å². The minimum absolute atomic E-state index is 0.161. The highest BCUT2D eigenvalue weighted by Crippen LogP contribution is 2.29. The first-order chi connectivity index (χ1) is 9.95. The van der Waals surface area contributed by atoms with Crippen LogP contribution in [0.25, 0.3) is 0 Å². The Hall–Kier alpha value is -0.410. The molecule has 21 heavy (non-hydrogen) atoms. The Morgan fingerprint density at radius 3 is 2.86 bits per heavy atom. The summed E-state index contributed by atoms with van der Waals surface area (Å²) in [5, 5.41) is 3.29. The lowest BCUT2D eigenvalue weighted by atomic mass is 10.4. The van der Waals surface area contributed by atoms with Gasteiger partial charge in [0.25, 0.3) is 0 Å². The van der Waals surface area contributed by atoms with Gasteiger partial charge in [0.05, 0.1) is 13.2 Å². The Bertz CT molecular complexity index is 569. The molecule has 1 fully saturated rings. The molecule has 0 aliphatic heterocycles. The molecule has 1 aromatic rings. The van der Waals surface area contributed by atoms with Gasteiger partial charge in [-0.2, -0.15) is 4.31 Å². The Kier molecular flexibility index (Phi) is 5.84. The van der Waals surface area contributed by atoms with E-state index in [1.807, 2.05) is 6.92 Å². The highest BCUT2D eigenvalue weighted by molar-refractivity contribution is 9.10. The van der Waals surface area contributed by atoms with Gasteiger partial charge in [0.2, 0.25) is 10.0 Å². The first-order valence-corrected chi connectivity index (χ1v) is 9.24. The standard InChI is InChI=1S/C13H21BrN2O4S/c1-3-19-7-6-16(2)21(17,18)12-8-11(20-13(12)14)9-15-10-4-5-10/h8,10,15H,3-7,9H2,1-2H3. The zero-order valence-corrected chi connectivity index (χ0v) is 14.7. The molecule has 0 atom stereocenters. The number of rotatable bonds is 9. The Morgan fingerprint density at radius 1 is 1.52 bits per heavy atom. The molecule has 0 aromatic carbocycles. The maximum absolute atomic E-state index is 12.5. The summed E-state index contributed by atoms with van der Waals surface area (Å²) in [6.45, 7) is 3.67. The summed E-state index contributed by atoms with van der Waals surface area (Å²) in [4.78, 5) is 0.161. The van der Waals surface area contributed by atoms with Crippen molar-refractivity contribution in [3.63, 3.8) is 0 Å². The van der Waals surface area contributed by atoms with Crippen molar-refractivity contribution in [2.45, 2.75) is 37.2 Å². The monoisotopic (exact) mass is 380 g/mol. The van der Waals surface area contributed by atoms with Gasteiger partial charge >= 0.3 is 0 Å². The molecule has 8 heteroatoms. The highest BCUT2D eigenvalue weighted by Gasteiger charge is 2.27. The molecule has 1 aliphatic carbocycles. The van der Waals surface area contributed by atoms with Crippen LogP contribution < -0.4 is 5.32 Å². The quantitative estimate of drug-likeness (QED) is 0.662. The number of halogens is 1. The van der Waals surface area contributed by atoms with E-state index in [0.29, 0.717) is 38.1 Å². The van der Waals surface area contributed by atoms with Crippen LogP contribution in [0.5, 0.6) is 0 Å². The summed E-state index contributed by atoms with van der Waals surface area (Å²) < 4.78 is 37.1.